The fourth-order valence-corrected chi connectivity index (χ4v) is 5.24. The topological polar surface area (TPSA) is 128 Å². The average Bonchev–Trinajstić information content (AvgIpc) is 3.21. The van der Waals surface area contributed by atoms with Gasteiger partial charge in [-0.2, -0.15) is 0 Å². The van der Waals surface area contributed by atoms with Crippen molar-refractivity contribution in [1.29, 1.82) is 0 Å². The number of carbonyl (C=O) groups excluding carboxylic acids is 5. The summed E-state index contributed by atoms with van der Waals surface area (Å²) in [7, 11) is 0. The van der Waals surface area contributed by atoms with Crippen molar-refractivity contribution in [2.75, 3.05) is 44.6 Å². The SMILES string of the molecule is O=C1CCC(N2C(=O)c3ccc(NCCCCN4CCN(C(=O)OCc5ccccc5)CC4)cc3C2=O)C(=O)N1. The maximum absolute atomic E-state index is 13.0. The third-order valence-corrected chi connectivity index (χ3v) is 7.51. The zero-order valence-corrected chi connectivity index (χ0v) is 22.3. The molecule has 0 bridgehead atoms. The summed E-state index contributed by atoms with van der Waals surface area (Å²) in [5.41, 5.74) is 2.23. The lowest BCUT2D eigenvalue weighted by Crippen LogP contribution is -2.54. The number of fused-ring (bicyclic) bond motifs is 1. The van der Waals surface area contributed by atoms with E-state index in [9.17, 15) is 24.0 Å². The summed E-state index contributed by atoms with van der Waals surface area (Å²) in [5, 5.41) is 5.52. The van der Waals surface area contributed by atoms with Gasteiger partial charge in [-0.15, -0.1) is 0 Å². The molecule has 1 atom stereocenters. The van der Waals surface area contributed by atoms with Gasteiger partial charge in [0.15, 0.2) is 0 Å². The summed E-state index contributed by atoms with van der Waals surface area (Å²) in [6.07, 6.45) is 1.83. The number of piperidine rings is 1. The van der Waals surface area contributed by atoms with Gasteiger partial charge >= 0.3 is 6.09 Å². The number of piperazine rings is 1. The number of amides is 5. The second-order valence-electron chi connectivity index (χ2n) is 10.2. The lowest BCUT2D eigenvalue weighted by molar-refractivity contribution is -0.136. The molecule has 5 amide bonds. The standard InChI is InChI=1S/C29H33N5O6/c35-25-11-10-24(26(36)31-25)34-27(37)22-9-8-21(18-23(22)28(34)38)30-12-4-5-13-32-14-16-33(17-15-32)29(39)40-19-20-6-2-1-3-7-20/h1-3,6-9,18,24,30H,4-5,10-17,19H2,(H,31,35,36). The molecular weight excluding hydrogens is 514 g/mol. The first-order chi connectivity index (χ1) is 19.4. The minimum atomic E-state index is -0.969. The van der Waals surface area contributed by atoms with E-state index < -0.39 is 29.7 Å². The molecule has 3 heterocycles. The molecule has 0 aromatic heterocycles. The molecule has 210 valence electrons. The Morgan fingerprint density at radius 2 is 1.68 bits per heavy atom. The normalized spacial score (nSPS) is 19.4. The van der Waals surface area contributed by atoms with Crippen LogP contribution in [0.25, 0.3) is 0 Å². The highest BCUT2D eigenvalue weighted by molar-refractivity contribution is 6.23. The number of nitrogens with zero attached hydrogens (tertiary/aromatic N) is 3. The van der Waals surface area contributed by atoms with Crippen LogP contribution in [-0.2, 0) is 20.9 Å². The minimum Gasteiger partial charge on any atom is -0.445 e. The molecule has 2 aromatic carbocycles. The zero-order valence-electron chi connectivity index (χ0n) is 22.3. The van der Waals surface area contributed by atoms with Crippen molar-refractivity contribution in [3.63, 3.8) is 0 Å². The Balaban J connectivity index is 1.01. The quantitative estimate of drug-likeness (QED) is 0.361. The molecule has 5 rings (SSSR count). The first kappa shape index (κ1) is 27.3. The fourth-order valence-electron chi connectivity index (χ4n) is 5.24. The molecule has 11 nitrogen and oxygen atoms in total. The summed E-state index contributed by atoms with van der Waals surface area (Å²) in [5.74, 6) is -2.04. The third kappa shape index (κ3) is 6.15. The smallest absolute Gasteiger partial charge is 0.410 e. The van der Waals surface area contributed by atoms with Crippen molar-refractivity contribution in [1.82, 2.24) is 20.0 Å². The fraction of sp³-hybridized carbons (Fsp3) is 0.414. The molecule has 3 aliphatic rings. The van der Waals surface area contributed by atoms with Crippen molar-refractivity contribution in [3.05, 3.63) is 65.2 Å². The van der Waals surface area contributed by atoms with Crippen LogP contribution >= 0.6 is 0 Å². The summed E-state index contributed by atoms with van der Waals surface area (Å²) in [6.45, 7) is 4.79. The molecule has 0 aliphatic carbocycles. The van der Waals surface area contributed by atoms with Gasteiger partial charge in [0.25, 0.3) is 11.8 Å². The highest BCUT2D eigenvalue weighted by Gasteiger charge is 2.44. The van der Waals surface area contributed by atoms with Crippen LogP contribution in [0.5, 0.6) is 0 Å². The average molecular weight is 548 g/mol. The number of anilines is 1. The first-order valence-corrected chi connectivity index (χ1v) is 13.7. The minimum absolute atomic E-state index is 0.0909. The van der Waals surface area contributed by atoms with E-state index in [4.69, 9.17) is 4.74 Å². The second kappa shape index (κ2) is 12.3. The Hall–Kier alpha value is -4.25. The van der Waals surface area contributed by atoms with E-state index in [1.54, 1.807) is 23.1 Å². The van der Waals surface area contributed by atoms with Gasteiger partial charge in [0, 0.05) is 44.8 Å². The number of benzene rings is 2. The Bertz CT molecular complexity index is 1290. The van der Waals surface area contributed by atoms with Crippen molar-refractivity contribution in [2.24, 2.45) is 0 Å². The number of carbonyl (C=O) groups is 5. The Morgan fingerprint density at radius 1 is 0.925 bits per heavy atom. The van der Waals surface area contributed by atoms with Gasteiger partial charge in [-0.05, 0) is 49.6 Å². The lowest BCUT2D eigenvalue weighted by Gasteiger charge is -2.34. The molecule has 0 saturated carbocycles. The van der Waals surface area contributed by atoms with Crippen LogP contribution in [0, 0.1) is 0 Å². The van der Waals surface area contributed by atoms with E-state index in [-0.39, 0.29) is 36.7 Å². The van der Waals surface area contributed by atoms with E-state index >= 15 is 0 Å². The largest absolute Gasteiger partial charge is 0.445 e. The van der Waals surface area contributed by atoms with Gasteiger partial charge in [0.2, 0.25) is 11.8 Å². The molecule has 2 aromatic rings. The van der Waals surface area contributed by atoms with Crippen LogP contribution in [0.4, 0.5) is 10.5 Å². The predicted octanol–water partition coefficient (Wildman–Crippen LogP) is 2.23. The predicted molar refractivity (Wildman–Crippen MR) is 145 cm³/mol. The number of imide groups is 2. The second-order valence-corrected chi connectivity index (χ2v) is 10.2. The van der Waals surface area contributed by atoms with E-state index in [2.05, 4.69) is 15.5 Å². The Morgan fingerprint density at radius 3 is 2.42 bits per heavy atom. The molecule has 40 heavy (non-hydrogen) atoms. The molecule has 0 radical (unpaired) electrons. The van der Waals surface area contributed by atoms with Crippen LogP contribution in [0.3, 0.4) is 0 Å². The summed E-state index contributed by atoms with van der Waals surface area (Å²) in [6, 6.07) is 13.7. The lowest BCUT2D eigenvalue weighted by atomic mass is 10.0. The number of hydrogen-bond acceptors (Lipinski definition) is 8. The van der Waals surface area contributed by atoms with Gasteiger partial charge in [-0.3, -0.25) is 34.3 Å². The molecule has 11 heteroatoms. The number of unbranched alkanes of at least 4 members (excludes halogenated alkanes) is 1. The van der Waals surface area contributed by atoms with Crippen molar-refractivity contribution >= 4 is 35.4 Å². The zero-order chi connectivity index (χ0) is 28.1. The summed E-state index contributed by atoms with van der Waals surface area (Å²) >= 11 is 0. The molecule has 1 unspecified atom stereocenters. The highest BCUT2D eigenvalue weighted by atomic mass is 16.6. The van der Waals surface area contributed by atoms with Gasteiger partial charge in [0.05, 0.1) is 11.1 Å². The van der Waals surface area contributed by atoms with E-state index in [0.29, 0.717) is 19.6 Å². The van der Waals surface area contributed by atoms with Crippen LogP contribution in [-0.4, -0.2) is 89.7 Å². The van der Waals surface area contributed by atoms with Crippen LogP contribution < -0.4 is 10.6 Å². The van der Waals surface area contributed by atoms with Crippen molar-refractivity contribution in [3.8, 4) is 0 Å². The number of hydrogen-bond donors (Lipinski definition) is 2. The van der Waals surface area contributed by atoms with Gasteiger partial charge in [-0.1, -0.05) is 30.3 Å². The Labute approximate surface area is 232 Å². The van der Waals surface area contributed by atoms with Gasteiger partial charge < -0.3 is 15.0 Å². The van der Waals surface area contributed by atoms with Gasteiger partial charge in [-0.25, -0.2) is 4.79 Å². The van der Waals surface area contributed by atoms with E-state index in [1.807, 2.05) is 30.3 Å². The van der Waals surface area contributed by atoms with Crippen LogP contribution in [0.15, 0.2) is 48.5 Å². The van der Waals surface area contributed by atoms with Crippen LogP contribution in [0.1, 0.15) is 52.0 Å². The number of ether oxygens (including phenoxy) is 1. The molecule has 2 N–H and O–H groups in total. The van der Waals surface area contributed by atoms with Gasteiger partial charge in [0.1, 0.15) is 12.6 Å². The van der Waals surface area contributed by atoms with Crippen LogP contribution in [0.2, 0.25) is 0 Å². The molecule has 0 spiro atoms. The van der Waals surface area contributed by atoms with E-state index in [1.165, 1.54) is 0 Å². The molecule has 2 saturated heterocycles. The van der Waals surface area contributed by atoms with Crippen molar-refractivity contribution < 1.29 is 28.7 Å². The third-order valence-electron chi connectivity index (χ3n) is 7.51. The summed E-state index contributed by atoms with van der Waals surface area (Å²) in [4.78, 5) is 66.9. The summed E-state index contributed by atoms with van der Waals surface area (Å²) < 4.78 is 5.43. The Kier molecular flexibility index (Phi) is 8.40. The number of nitrogens with one attached hydrogen (secondary N) is 2. The maximum Gasteiger partial charge on any atom is 0.410 e. The monoisotopic (exact) mass is 547 g/mol. The maximum atomic E-state index is 13.0. The van der Waals surface area contributed by atoms with E-state index in [0.717, 1.165) is 48.6 Å². The highest BCUT2D eigenvalue weighted by Crippen LogP contribution is 2.29. The molecule has 3 aliphatic heterocycles. The molecule has 2 fully saturated rings. The van der Waals surface area contributed by atoms with Crippen molar-refractivity contribution in [2.45, 2.75) is 38.3 Å². The first-order valence-electron chi connectivity index (χ1n) is 13.7. The number of rotatable bonds is 9. The molecular formula is C29H33N5O6.